The molecule has 1 amide bonds. The van der Waals surface area contributed by atoms with Gasteiger partial charge in [0.15, 0.2) is 0 Å². The fraction of sp³-hybridized carbons (Fsp3) is 0.318. The molecule has 0 heterocycles. The molecule has 0 aliphatic rings. The first-order valence-corrected chi connectivity index (χ1v) is 8.87. The molecular formula is C22H29N2O+. The Hall–Kier alpha value is -2.39. The fourth-order valence-corrected chi connectivity index (χ4v) is 2.60. The normalized spacial score (nSPS) is 11.4. The van der Waals surface area contributed by atoms with E-state index in [0.29, 0.717) is 12.5 Å². The Bertz CT molecular complexity index is 698. The van der Waals surface area contributed by atoms with Gasteiger partial charge in [-0.05, 0) is 28.7 Å². The zero-order chi connectivity index (χ0) is 18.2. The van der Waals surface area contributed by atoms with Crippen molar-refractivity contribution in [1.29, 1.82) is 0 Å². The average molecular weight is 337 g/mol. The first-order chi connectivity index (χ1) is 11.9. The summed E-state index contributed by atoms with van der Waals surface area (Å²) in [4.78, 5) is 13.4. The van der Waals surface area contributed by atoms with Crippen LogP contribution in [0.2, 0.25) is 0 Å². The molecule has 25 heavy (non-hydrogen) atoms. The van der Waals surface area contributed by atoms with Gasteiger partial charge in [0.05, 0.1) is 14.1 Å². The minimum atomic E-state index is -0.0743. The molecular weight excluding hydrogens is 308 g/mol. The Balaban J connectivity index is 1.83. The van der Waals surface area contributed by atoms with Crippen molar-refractivity contribution in [3.8, 4) is 0 Å². The largest absolute Gasteiger partial charge is 0.348 e. The Morgan fingerprint density at radius 1 is 1.00 bits per heavy atom. The number of hydrogen-bond acceptors (Lipinski definition) is 1. The highest BCUT2D eigenvalue weighted by Crippen LogP contribution is 2.15. The summed E-state index contributed by atoms with van der Waals surface area (Å²) < 4.78 is 0. The predicted octanol–water partition coefficient (Wildman–Crippen LogP) is 2.78. The lowest BCUT2D eigenvalue weighted by atomic mass is 10.0. The lowest BCUT2D eigenvalue weighted by Crippen LogP contribution is -3.04. The second-order valence-electron chi connectivity index (χ2n) is 7.07. The minimum absolute atomic E-state index is 0.0743. The summed E-state index contributed by atoms with van der Waals surface area (Å²) in [5.74, 6) is 0.446. The van der Waals surface area contributed by atoms with E-state index in [9.17, 15) is 4.79 Å². The molecule has 0 aliphatic carbocycles. The lowest BCUT2D eigenvalue weighted by Gasteiger charge is -2.08. The van der Waals surface area contributed by atoms with Crippen LogP contribution in [0, 0.1) is 0 Å². The zero-order valence-corrected chi connectivity index (χ0v) is 15.7. The number of carbonyl (C=O) groups excluding carboxylic acids is 1. The third kappa shape index (κ3) is 6.55. The number of rotatable bonds is 7. The summed E-state index contributed by atoms with van der Waals surface area (Å²) in [7, 11) is 4.27. The summed E-state index contributed by atoms with van der Waals surface area (Å²) in [5.41, 5.74) is 4.76. The molecule has 0 unspecified atom stereocenters. The Labute approximate surface area is 151 Å². The number of amides is 1. The maximum absolute atomic E-state index is 12.0. The van der Waals surface area contributed by atoms with Crippen molar-refractivity contribution < 1.29 is 9.69 Å². The van der Waals surface area contributed by atoms with Crippen molar-refractivity contribution in [1.82, 2.24) is 5.32 Å². The summed E-state index contributed by atoms with van der Waals surface area (Å²) >= 11 is 0. The predicted molar refractivity (Wildman–Crippen MR) is 104 cm³/mol. The lowest BCUT2D eigenvalue weighted by molar-refractivity contribution is -0.872. The van der Waals surface area contributed by atoms with Crippen LogP contribution in [0.15, 0.2) is 54.6 Å². The van der Waals surface area contributed by atoms with E-state index in [1.807, 2.05) is 18.2 Å². The van der Waals surface area contributed by atoms with E-state index in [0.717, 1.165) is 17.7 Å². The van der Waals surface area contributed by atoms with Crippen molar-refractivity contribution in [3.05, 3.63) is 76.9 Å². The third-order valence-corrected chi connectivity index (χ3v) is 4.08. The number of quaternary nitrogens is 1. The van der Waals surface area contributed by atoms with Crippen LogP contribution in [-0.4, -0.2) is 20.0 Å². The Morgan fingerprint density at radius 3 is 2.16 bits per heavy atom. The van der Waals surface area contributed by atoms with Crippen LogP contribution in [-0.2, 0) is 17.9 Å². The van der Waals surface area contributed by atoms with E-state index in [-0.39, 0.29) is 5.91 Å². The van der Waals surface area contributed by atoms with Gasteiger partial charge in [0, 0.05) is 18.2 Å². The molecule has 2 aromatic carbocycles. The van der Waals surface area contributed by atoms with Gasteiger partial charge >= 0.3 is 0 Å². The molecule has 0 bridgehead atoms. The molecule has 0 aromatic heterocycles. The maximum atomic E-state index is 12.0. The monoisotopic (exact) mass is 337 g/mol. The van der Waals surface area contributed by atoms with Crippen LogP contribution in [0.1, 0.15) is 42.0 Å². The van der Waals surface area contributed by atoms with Crippen LogP contribution >= 0.6 is 0 Å². The van der Waals surface area contributed by atoms with Crippen molar-refractivity contribution in [3.63, 3.8) is 0 Å². The number of hydrogen-bond donors (Lipinski definition) is 2. The minimum Gasteiger partial charge on any atom is -0.348 e. The van der Waals surface area contributed by atoms with Gasteiger partial charge in [-0.25, -0.2) is 0 Å². The first-order valence-electron chi connectivity index (χ1n) is 8.87. The summed E-state index contributed by atoms with van der Waals surface area (Å²) in [6.07, 6.45) is 3.44. The molecule has 0 atom stereocenters. The SMILES string of the molecule is CC(C)c1ccc(/C=C/C(=O)NCc2ccc(C[NH+](C)C)cc2)cc1. The van der Waals surface area contributed by atoms with Crippen LogP contribution in [0.25, 0.3) is 6.08 Å². The molecule has 132 valence electrons. The molecule has 2 N–H and O–H groups in total. The van der Waals surface area contributed by atoms with E-state index in [4.69, 9.17) is 0 Å². The van der Waals surface area contributed by atoms with Crippen molar-refractivity contribution in [2.45, 2.75) is 32.9 Å². The molecule has 0 spiro atoms. The highest BCUT2D eigenvalue weighted by atomic mass is 16.1. The van der Waals surface area contributed by atoms with Crippen molar-refractivity contribution >= 4 is 12.0 Å². The summed E-state index contributed by atoms with van der Waals surface area (Å²) in [5, 5.41) is 2.93. The topological polar surface area (TPSA) is 33.5 Å². The number of benzene rings is 2. The van der Waals surface area contributed by atoms with Crippen molar-refractivity contribution in [2.75, 3.05) is 14.1 Å². The van der Waals surface area contributed by atoms with E-state index in [1.54, 1.807) is 6.08 Å². The molecule has 3 heteroatoms. The number of nitrogens with one attached hydrogen (secondary N) is 2. The van der Waals surface area contributed by atoms with E-state index in [2.05, 4.69) is 69.7 Å². The highest BCUT2D eigenvalue weighted by Gasteiger charge is 2.01. The van der Waals surface area contributed by atoms with Crippen molar-refractivity contribution in [2.24, 2.45) is 0 Å². The van der Waals surface area contributed by atoms with Crippen LogP contribution < -0.4 is 10.2 Å². The van der Waals surface area contributed by atoms with Crippen LogP contribution in [0.5, 0.6) is 0 Å². The Morgan fingerprint density at radius 2 is 1.60 bits per heavy atom. The summed E-state index contributed by atoms with van der Waals surface area (Å²) in [6, 6.07) is 16.7. The molecule has 0 fully saturated rings. The van der Waals surface area contributed by atoms with E-state index >= 15 is 0 Å². The molecule has 2 rings (SSSR count). The van der Waals surface area contributed by atoms with Crippen LogP contribution in [0.4, 0.5) is 0 Å². The highest BCUT2D eigenvalue weighted by molar-refractivity contribution is 5.91. The van der Waals surface area contributed by atoms with Gasteiger partial charge in [0.2, 0.25) is 5.91 Å². The van der Waals surface area contributed by atoms with Crippen LogP contribution in [0.3, 0.4) is 0 Å². The van der Waals surface area contributed by atoms with E-state index in [1.165, 1.54) is 16.0 Å². The van der Waals surface area contributed by atoms with Gasteiger partial charge < -0.3 is 10.2 Å². The fourth-order valence-electron chi connectivity index (χ4n) is 2.60. The average Bonchev–Trinajstić information content (AvgIpc) is 2.59. The van der Waals surface area contributed by atoms with Gasteiger partial charge in [-0.3, -0.25) is 4.79 Å². The van der Waals surface area contributed by atoms with Gasteiger partial charge in [0.25, 0.3) is 0 Å². The molecule has 0 saturated heterocycles. The maximum Gasteiger partial charge on any atom is 0.244 e. The zero-order valence-electron chi connectivity index (χ0n) is 15.7. The molecule has 3 nitrogen and oxygen atoms in total. The first kappa shape index (κ1) is 18.9. The molecule has 2 aromatic rings. The smallest absolute Gasteiger partial charge is 0.244 e. The number of carbonyl (C=O) groups is 1. The Kier molecular flexibility index (Phi) is 6.96. The van der Waals surface area contributed by atoms with Gasteiger partial charge in [-0.2, -0.15) is 0 Å². The second-order valence-corrected chi connectivity index (χ2v) is 7.07. The molecule has 0 aliphatic heterocycles. The standard InChI is InChI=1S/C22H28N2O/c1-17(2)21-12-9-18(10-13-21)11-14-22(25)23-15-19-5-7-20(8-6-19)16-24(3)4/h5-14,17H,15-16H2,1-4H3,(H,23,25)/p+1/b14-11+. The van der Waals surface area contributed by atoms with Gasteiger partial charge in [-0.1, -0.05) is 62.4 Å². The molecule has 0 radical (unpaired) electrons. The molecule has 0 saturated carbocycles. The van der Waals surface area contributed by atoms with Gasteiger partial charge in [0.1, 0.15) is 6.54 Å². The van der Waals surface area contributed by atoms with Gasteiger partial charge in [-0.15, -0.1) is 0 Å². The summed E-state index contributed by atoms with van der Waals surface area (Å²) in [6.45, 7) is 5.90. The third-order valence-electron chi connectivity index (χ3n) is 4.08. The van der Waals surface area contributed by atoms with E-state index < -0.39 is 0 Å². The second kappa shape index (κ2) is 9.19. The quantitative estimate of drug-likeness (QED) is 0.749.